The van der Waals surface area contributed by atoms with E-state index in [-0.39, 0.29) is 17.0 Å². The molecule has 2 heterocycles. The normalized spacial score (nSPS) is 16.3. The average molecular weight is 348 g/mol. The highest BCUT2D eigenvalue weighted by Gasteiger charge is 2.24. The quantitative estimate of drug-likeness (QED) is 0.761. The third-order valence-corrected chi connectivity index (χ3v) is 5.00. The van der Waals surface area contributed by atoms with Crippen molar-refractivity contribution in [2.45, 2.75) is 12.3 Å². The van der Waals surface area contributed by atoms with Crippen LogP contribution in [0.1, 0.15) is 28.4 Å². The first-order valence-electron chi connectivity index (χ1n) is 8.71. The Morgan fingerprint density at radius 3 is 2.88 bits per heavy atom. The van der Waals surface area contributed by atoms with Gasteiger partial charge in [-0.25, -0.2) is 0 Å². The van der Waals surface area contributed by atoms with Crippen molar-refractivity contribution in [2.75, 3.05) is 25.0 Å². The number of aromatic amines is 1. The van der Waals surface area contributed by atoms with Crippen LogP contribution in [0.5, 0.6) is 0 Å². The number of amides is 1. The van der Waals surface area contributed by atoms with Gasteiger partial charge in [0.05, 0.1) is 5.52 Å². The molecule has 1 aliphatic rings. The number of aromatic nitrogens is 2. The molecule has 1 aliphatic heterocycles. The Bertz CT molecular complexity index is 1030. The standard InChI is InChI=1S/C20H20N4O2/c1-24-11-10-13(14-6-3-5-9-17(14)24)12-21-20(26)18-19(25)15-7-2-4-8-16(15)22-23-18/h2-9,13H,10-12H2,1H3,(H,21,26)(H,22,25)/t13-/m1/s1. The topological polar surface area (TPSA) is 78.1 Å². The Hall–Kier alpha value is -3.15. The molecule has 6 nitrogen and oxygen atoms in total. The molecule has 2 N–H and O–H groups in total. The number of benzene rings is 2. The van der Waals surface area contributed by atoms with Crippen LogP contribution < -0.4 is 15.6 Å². The largest absolute Gasteiger partial charge is 0.374 e. The maximum atomic E-state index is 12.5. The zero-order valence-corrected chi connectivity index (χ0v) is 14.5. The van der Waals surface area contributed by atoms with Gasteiger partial charge in [0.25, 0.3) is 5.91 Å². The van der Waals surface area contributed by atoms with Gasteiger partial charge in [-0.15, -0.1) is 0 Å². The Labute approximate surface area is 150 Å². The van der Waals surface area contributed by atoms with Gasteiger partial charge < -0.3 is 10.2 Å². The molecule has 6 heteroatoms. The highest BCUT2D eigenvalue weighted by Crippen LogP contribution is 2.33. The Balaban J connectivity index is 1.54. The Morgan fingerprint density at radius 1 is 1.23 bits per heavy atom. The smallest absolute Gasteiger partial charge is 0.275 e. The molecule has 4 rings (SSSR count). The van der Waals surface area contributed by atoms with Crippen molar-refractivity contribution in [2.24, 2.45) is 0 Å². The summed E-state index contributed by atoms with van der Waals surface area (Å²) in [5.41, 5.74) is 2.60. The molecule has 0 aliphatic carbocycles. The number of nitrogens with zero attached hydrogens (tertiary/aromatic N) is 2. The van der Waals surface area contributed by atoms with Crippen molar-refractivity contribution < 1.29 is 4.79 Å². The average Bonchev–Trinajstić information content (AvgIpc) is 2.68. The van der Waals surface area contributed by atoms with E-state index in [1.165, 1.54) is 11.3 Å². The molecular formula is C20H20N4O2. The summed E-state index contributed by atoms with van der Waals surface area (Å²) >= 11 is 0. The summed E-state index contributed by atoms with van der Waals surface area (Å²) in [4.78, 5) is 27.3. The lowest BCUT2D eigenvalue weighted by Gasteiger charge is -2.33. The summed E-state index contributed by atoms with van der Waals surface area (Å²) < 4.78 is 0. The van der Waals surface area contributed by atoms with E-state index in [9.17, 15) is 9.59 Å². The Kier molecular flexibility index (Phi) is 4.16. The molecule has 0 radical (unpaired) electrons. The van der Waals surface area contributed by atoms with Crippen molar-refractivity contribution in [1.82, 2.24) is 15.5 Å². The van der Waals surface area contributed by atoms with Crippen LogP contribution in [-0.4, -0.2) is 36.2 Å². The van der Waals surface area contributed by atoms with E-state index in [0.29, 0.717) is 17.4 Å². The summed E-state index contributed by atoms with van der Waals surface area (Å²) in [5, 5.41) is 10.1. The molecule has 0 spiro atoms. The number of H-pyrrole nitrogens is 1. The van der Waals surface area contributed by atoms with Gasteiger partial charge in [0.1, 0.15) is 0 Å². The van der Waals surface area contributed by atoms with Crippen molar-refractivity contribution in [3.05, 3.63) is 70.0 Å². The molecule has 26 heavy (non-hydrogen) atoms. The minimum Gasteiger partial charge on any atom is -0.374 e. The van der Waals surface area contributed by atoms with Crippen LogP contribution in [0.3, 0.4) is 0 Å². The van der Waals surface area contributed by atoms with Crippen LogP contribution in [0.2, 0.25) is 0 Å². The molecule has 2 aromatic carbocycles. The summed E-state index contributed by atoms with van der Waals surface area (Å²) in [6, 6.07) is 15.3. The maximum Gasteiger partial charge on any atom is 0.275 e. The van der Waals surface area contributed by atoms with Crippen molar-refractivity contribution in [3.8, 4) is 0 Å². The molecule has 0 saturated carbocycles. The fourth-order valence-electron chi connectivity index (χ4n) is 3.54. The second kappa shape index (κ2) is 6.63. The van der Waals surface area contributed by atoms with Gasteiger partial charge in [-0.2, -0.15) is 5.10 Å². The van der Waals surface area contributed by atoms with E-state index < -0.39 is 5.91 Å². The van der Waals surface area contributed by atoms with Gasteiger partial charge in [0, 0.05) is 37.1 Å². The van der Waals surface area contributed by atoms with Gasteiger partial charge >= 0.3 is 0 Å². The van der Waals surface area contributed by atoms with Crippen LogP contribution in [-0.2, 0) is 0 Å². The zero-order chi connectivity index (χ0) is 18.1. The predicted octanol–water partition coefficient (Wildman–Crippen LogP) is 2.28. The SMILES string of the molecule is CN1CC[C@H](CNC(=O)c2n[nH]c3ccccc3c2=O)c2ccccc21. The lowest BCUT2D eigenvalue weighted by molar-refractivity contribution is 0.0943. The van der Waals surface area contributed by atoms with Crippen molar-refractivity contribution in [1.29, 1.82) is 0 Å². The molecule has 1 amide bonds. The minimum atomic E-state index is -0.437. The third kappa shape index (κ3) is 2.83. The number of anilines is 1. The van der Waals surface area contributed by atoms with Crippen molar-refractivity contribution >= 4 is 22.5 Å². The predicted molar refractivity (Wildman–Crippen MR) is 102 cm³/mol. The minimum absolute atomic E-state index is 0.0927. The summed E-state index contributed by atoms with van der Waals surface area (Å²) in [5.74, 6) is -0.209. The van der Waals surface area contributed by atoms with E-state index in [4.69, 9.17) is 0 Å². The van der Waals surface area contributed by atoms with Crippen LogP contribution in [0.4, 0.5) is 5.69 Å². The lowest BCUT2D eigenvalue weighted by Crippen LogP contribution is -2.36. The second-order valence-corrected chi connectivity index (χ2v) is 6.62. The summed E-state index contributed by atoms with van der Waals surface area (Å²) in [6.07, 6.45) is 0.954. The highest BCUT2D eigenvalue weighted by molar-refractivity contribution is 5.95. The van der Waals surface area contributed by atoms with E-state index in [2.05, 4.69) is 39.6 Å². The van der Waals surface area contributed by atoms with Crippen LogP contribution in [0, 0.1) is 0 Å². The lowest BCUT2D eigenvalue weighted by atomic mass is 9.90. The summed E-state index contributed by atoms with van der Waals surface area (Å²) in [7, 11) is 2.08. The third-order valence-electron chi connectivity index (χ3n) is 5.00. The number of carbonyl (C=O) groups excluding carboxylic acids is 1. The summed E-state index contributed by atoms with van der Waals surface area (Å²) in [6.45, 7) is 1.42. The molecule has 0 saturated heterocycles. The van der Waals surface area contributed by atoms with E-state index in [1.54, 1.807) is 18.2 Å². The van der Waals surface area contributed by atoms with E-state index >= 15 is 0 Å². The molecule has 132 valence electrons. The number of fused-ring (bicyclic) bond motifs is 2. The molecular weight excluding hydrogens is 328 g/mol. The molecule has 3 aromatic rings. The monoisotopic (exact) mass is 348 g/mol. The fourth-order valence-corrected chi connectivity index (χ4v) is 3.54. The van der Waals surface area contributed by atoms with Gasteiger partial charge in [0.15, 0.2) is 5.69 Å². The zero-order valence-electron chi connectivity index (χ0n) is 14.5. The molecule has 1 aromatic heterocycles. The van der Waals surface area contributed by atoms with E-state index in [0.717, 1.165) is 13.0 Å². The number of carbonyl (C=O) groups is 1. The van der Waals surface area contributed by atoms with Crippen LogP contribution in [0.15, 0.2) is 53.3 Å². The highest BCUT2D eigenvalue weighted by atomic mass is 16.2. The van der Waals surface area contributed by atoms with Crippen LogP contribution >= 0.6 is 0 Å². The Morgan fingerprint density at radius 2 is 2.00 bits per heavy atom. The van der Waals surface area contributed by atoms with Gasteiger partial charge in [-0.1, -0.05) is 30.3 Å². The van der Waals surface area contributed by atoms with Crippen molar-refractivity contribution in [3.63, 3.8) is 0 Å². The van der Waals surface area contributed by atoms with Gasteiger partial charge in [-0.05, 0) is 30.2 Å². The number of nitrogens with one attached hydrogen (secondary N) is 2. The molecule has 1 atom stereocenters. The first kappa shape index (κ1) is 16.3. The number of para-hydroxylation sites is 2. The van der Waals surface area contributed by atoms with Crippen LogP contribution in [0.25, 0.3) is 10.9 Å². The maximum absolute atomic E-state index is 12.5. The first-order valence-corrected chi connectivity index (χ1v) is 8.71. The fraction of sp³-hybridized carbons (Fsp3) is 0.250. The second-order valence-electron chi connectivity index (χ2n) is 6.62. The molecule has 0 fully saturated rings. The molecule has 0 unspecified atom stereocenters. The van der Waals surface area contributed by atoms with E-state index in [1.807, 2.05) is 18.2 Å². The molecule has 0 bridgehead atoms. The first-order chi connectivity index (χ1) is 12.6. The number of hydrogen-bond donors (Lipinski definition) is 2. The van der Waals surface area contributed by atoms with Gasteiger partial charge in [-0.3, -0.25) is 14.7 Å². The number of rotatable bonds is 3. The van der Waals surface area contributed by atoms with Gasteiger partial charge in [0.2, 0.25) is 5.43 Å². The number of hydrogen-bond acceptors (Lipinski definition) is 4.